The van der Waals surface area contributed by atoms with Gasteiger partial charge in [0.05, 0.1) is 0 Å². The first kappa shape index (κ1) is 35.4. The second-order valence-corrected chi connectivity index (χ2v) is 10.9. The zero-order valence-corrected chi connectivity index (χ0v) is 26.6. The Morgan fingerprint density at radius 3 is 0.951 bits per heavy atom. The third kappa shape index (κ3) is 13.0. The number of nitrogens with one attached hydrogen (secondary N) is 6. The molecule has 6 nitrogen and oxygen atoms in total. The van der Waals surface area contributed by atoms with Crippen molar-refractivity contribution in [3.05, 3.63) is 59.7 Å². The highest BCUT2D eigenvalue weighted by molar-refractivity contribution is 6.05. The molecule has 0 spiro atoms. The summed E-state index contributed by atoms with van der Waals surface area (Å²) in [6.45, 7) is 10.6. The normalized spacial score (nSPS) is 11.4. The number of benzene rings is 3. The van der Waals surface area contributed by atoms with Crippen LogP contribution in [0.2, 0.25) is 0 Å². The highest BCUT2D eigenvalue weighted by Crippen LogP contribution is 2.33. The molecule has 0 unspecified atom stereocenters. The van der Waals surface area contributed by atoms with Gasteiger partial charge in [0.15, 0.2) is 0 Å². The van der Waals surface area contributed by atoms with E-state index in [0.717, 1.165) is 65.4 Å². The van der Waals surface area contributed by atoms with Gasteiger partial charge in [-0.2, -0.15) is 0 Å². The molecule has 3 aromatic carbocycles. The van der Waals surface area contributed by atoms with E-state index in [1.807, 2.05) is 14.1 Å². The largest absolute Gasteiger partial charge is 0.320 e. The van der Waals surface area contributed by atoms with Crippen LogP contribution in [0.5, 0.6) is 0 Å². The molecule has 7 heteroatoms. The van der Waals surface area contributed by atoms with E-state index in [1.165, 1.54) is 84.0 Å². The lowest BCUT2D eigenvalue weighted by Crippen LogP contribution is -2.21. The fourth-order valence-electron chi connectivity index (χ4n) is 5.47. The second-order valence-electron chi connectivity index (χ2n) is 10.9. The van der Waals surface area contributed by atoms with Crippen molar-refractivity contribution in [1.82, 2.24) is 31.9 Å². The lowest BCUT2D eigenvalue weighted by molar-refractivity contribution is 0.562. The first-order valence-electron chi connectivity index (χ1n) is 15.9. The summed E-state index contributed by atoms with van der Waals surface area (Å²) in [7, 11) is 4.04. The van der Waals surface area contributed by atoms with Crippen molar-refractivity contribution in [3.63, 3.8) is 0 Å². The van der Waals surface area contributed by atoms with Gasteiger partial charge < -0.3 is 31.9 Å². The lowest BCUT2D eigenvalue weighted by atomic mass is 9.91. The maximum atomic E-state index is 3.75. The van der Waals surface area contributed by atoms with Gasteiger partial charge in [-0.1, -0.05) is 48.5 Å². The minimum Gasteiger partial charge on any atom is -0.320 e. The van der Waals surface area contributed by atoms with E-state index in [1.54, 1.807) is 0 Å². The maximum Gasteiger partial charge on any atom is 0.0217 e. The topological polar surface area (TPSA) is 72.2 Å². The predicted octanol–water partition coefficient (Wildman–Crippen LogP) is 5.33. The molecule has 0 saturated heterocycles. The van der Waals surface area contributed by atoms with E-state index in [-0.39, 0.29) is 12.4 Å². The Labute approximate surface area is 256 Å². The summed E-state index contributed by atoms with van der Waals surface area (Å²) >= 11 is 0. The van der Waals surface area contributed by atoms with Crippen LogP contribution < -0.4 is 31.9 Å². The fraction of sp³-hybridized carbons (Fsp3) is 0.588. The van der Waals surface area contributed by atoms with Crippen LogP contribution >= 0.6 is 12.4 Å². The van der Waals surface area contributed by atoms with Crippen LogP contribution in [-0.2, 0) is 13.1 Å². The zero-order chi connectivity index (χ0) is 28.1. The summed E-state index contributed by atoms with van der Waals surface area (Å²) in [6.07, 6.45) is 9.84. The Bertz CT molecular complexity index is 935. The summed E-state index contributed by atoms with van der Waals surface area (Å²) in [5.41, 5.74) is 2.86. The maximum absolute atomic E-state index is 3.75. The molecule has 0 saturated carbocycles. The van der Waals surface area contributed by atoms with Crippen molar-refractivity contribution >= 4 is 34.0 Å². The van der Waals surface area contributed by atoms with Crippen molar-refractivity contribution in [2.24, 2.45) is 0 Å². The Morgan fingerprint density at radius 2 is 0.659 bits per heavy atom. The third-order valence-corrected chi connectivity index (χ3v) is 7.73. The SMILES string of the molecule is CNCCCCNCCCCNCc1c2ccccc2c(CNCCCCNCCCCNC)c2ccccc12.Cl. The smallest absolute Gasteiger partial charge is 0.0217 e. The van der Waals surface area contributed by atoms with E-state index in [2.05, 4.69) is 80.4 Å². The monoisotopic (exact) mass is 584 g/mol. The van der Waals surface area contributed by atoms with Crippen molar-refractivity contribution in [1.29, 1.82) is 0 Å². The van der Waals surface area contributed by atoms with Crippen LogP contribution in [0.3, 0.4) is 0 Å². The van der Waals surface area contributed by atoms with Crippen molar-refractivity contribution in [2.45, 2.75) is 64.5 Å². The fourth-order valence-corrected chi connectivity index (χ4v) is 5.47. The Morgan fingerprint density at radius 1 is 0.390 bits per heavy atom. The van der Waals surface area contributed by atoms with Gasteiger partial charge in [-0.05, 0) is 150 Å². The van der Waals surface area contributed by atoms with Crippen LogP contribution in [0.1, 0.15) is 62.5 Å². The van der Waals surface area contributed by atoms with Gasteiger partial charge in [0.2, 0.25) is 0 Å². The molecule has 0 heterocycles. The predicted molar refractivity (Wildman–Crippen MR) is 183 cm³/mol. The molecule has 0 amide bonds. The summed E-state index contributed by atoms with van der Waals surface area (Å²) in [4.78, 5) is 0. The minimum absolute atomic E-state index is 0. The number of unbranched alkanes of at least 4 members (excludes halogenated alkanes) is 4. The molecular formula is C34H57ClN6. The average molecular weight is 585 g/mol. The molecule has 0 aliphatic carbocycles. The van der Waals surface area contributed by atoms with Gasteiger partial charge in [0, 0.05) is 13.1 Å². The Balaban J connectivity index is 0.00000588. The molecule has 230 valence electrons. The van der Waals surface area contributed by atoms with Gasteiger partial charge >= 0.3 is 0 Å². The Hall–Kier alpha value is -1.77. The average Bonchev–Trinajstić information content (AvgIpc) is 2.99. The van der Waals surface area contributed by atoms with Gasteiger partial charge in [0.1, 0.15) is 0 Å². The van der Waals surface area contributed by atoms with E-state index in [4.69, 9.17) is 0 Å². The van der Waals surface area contributed by atoms with E-state index in [0.29, 0.717) is 0 Å². The molecule has 0 radical (unpaired) electrons. The summed E-state index contributed by atoms with van der Waals surface area (Å²) < 4.78 is 0. The van der Waals surface area contributed by atoms with E-state index >= 15 is 0 Å². The van der Waals surface area contributed by atoms with Gasteiger partial charge in [0.25, 0.3) is 0 Å². The molecule has 41 heavy (non-hydrogen) atoms. The number of rotatable bonds is 24. The minimum atomic E-state index is 0. The quantitative estimate of drug-likeness (QED) is 0.0631. The third-order valence-electron chi connectivity index (χ3n) is 7.73. The molecule has 3 rings (SSSR count). The number of hydrogen-bond acceptors (Lipinski definition) is 6. The van der Waals surface area contributed by atoms with E-state index < -0.39 is 0 Å². The number of halogens is 1. The molecule has 0 atom stereocenters. The van der Waals surface area contributed by atoms with Crippen molar-refractivity contribution < 1.29 is 0 Å². The molecule has 3 aromatic rings. The highest BCUT2D eigenvalue weighted by atomic mass is 35.5. The molecular weight excluding hydrogens is 528 g/mol. The summed E-state index contributed by atoms with van der Waals surface area (Å²) in [6, 6.07) is 18.0. The van der Waals surface area contributed by atoms with Gasteiger partial charge in [-0.15, -0.1) is 12.4 Å². The zero-order valence-electron chi connectivity index (χ0n) is 25.8. The van der Waals surface area contributed by atoms with E-state index in [9.17, 15) is 0 Å². The molecule has 0 aromatic heterocycles. The van der Waals surface area contributed by atoms with Crippen LogP contribution in [0.15, 0.2) is 48.5 Å². The number of fused-ring (bicyclic) bond motifs is 2. The van der Waals surface area contributed by atoms with Crippen LogP contribution in [-0.4, -0.2) is 66.5 Å². The molecule has 0 aliphatic heterocycles. The summed E-state index contributed by atoms with van der Waals surface area (Å²) in [5.74, 6) is 0. The summed E-state index contributed by atoms with van der Waals surface area (Å²) in [5, 5.41) is 26.6. The Kier molecular flexibility index (Phi) is 19.7. The lowest BCUT2D eigenvalue weighted by Gasteiger charge is -2.18. The number of hydrogen-bond donors (Lipinski definition) is 6. The van der Waals surface area contributed by atoms with Crippen LogP contribution in [0.4, 0.5) is 0 Å². The first-order chi connectivity index (χ1) is 19.9. The van der Waals surface area contributed by atoms with Crippen molar-refractivity contribution in [3.8, 4) is 0 Å². The van der Waals surface area contributed by atoms with Crippen LogP contribution in [0, 0.1) is 0 Å². The molecule has 0 fully saturated rings. The molecule has 0 aliphatic rings. The van der Waals surface area contributed by atoms with Crippen LogP contribution in [0.25, 0.3) is 21.5 Å². The second kappa shape index (κ2) is 22.8. The van der Waals surface area contributed by atoms with Crippen molar-refractivity contribution in [2.75, 3.05) is 66.5 Å². The molecule has 6 N–H and O–H groups in total. The van der Waals surface area contributed by atoms with Gasteiger partial charge in [-0.25, -0.2) is 0 Å². The highest BCUT2D eigenvalue weighted by Gasteiger charge is 2.13. The first-order valence-corrected chi connectivity index (χ1v) is 15.9. The molecule has 0 bridgehead atoms. The van der Waals surface area contributed by atoms with Gasteiger partial charge in [-0.3, -0.25) is 0 Å². The standard InChI is InChI=1S/C34H56N6.ClH/c1-35-19-7-9-21-37-23-11-13-25-39-27-33-29-15-3-5-17-31(29)34(32-18-6-4-16-30(32)33)28-40-26-14-12-24-38-22-10-8-20-36-2;/h3-6,15-18,35-40H,7-14,19-28H2,1-2H3;1H.